The molecule has 0 unspecified atom stereocenters. The molecule has 146 valence electrons. The van der Waals surface area contributed by atoms with Crippen molar-refractivity contribution in [1.29, 1.82) is 0 Å². The summed E-state index contributed by atoms with van der Waals surface area (Å²) in [4.78, 5) is 14.7. The molecule has 3 aromatic rings. The molecular weight excluding hydrogens is 356 g/mol. The molecule has 1 aliphatic heterocycles. The van der Waals surface area contributed by atoms with Crippen LogP contribution in [0.5, 0.6) is 0 Å². The van der Waals surface area contributed by atoms with E-state index >= 15 is 0 Å². The summed E-state index contributed by atoms with van der Waals surface area (Å²) in [7, 11) is 0. The molecule has 4 heterocycles. The van der Waals surface area contributed by atoms with Crippen molar-refractivity contribution in [2.75, 3.05) is 13.1 Å². The van der Waals surface area contributed by atoms with Crippen molar-refractivity contribution < 1.29 is 4.52 Å². The van der Waals surface area contributed by atoms with Gasteiger partial charge in [0.15, 0.2) is 5.82 Å². The summed E-state index contributed by atoms with van der Waals surface area (Å²) in [6.07, 6.45) is 8.97. The van der Waals surface area contributed by atoms with E-state index in [0.29, 0.717) is 18.3 Å². The summed E-state index contributed by atoms with van der Waals surface area (Å²) in [5, 5.41) is 13.0. The van der Waals surface area contributed by atoms with E-state index in [1.54, 1.807) is 27.7 Å². The number of hydrogen-bond acceptors (Lipinski definition) is 6. The van der Waals surface area contributed by atoms with Crippen LogP contribution in [0.4, 0.5) is 0 Å². The maximum atomic E-state index is 12.2. The van der Waals surface area contributed by atoms with E-state index in [0.717, 1.165) is 56.8 Å². The first-order chi connectivity index (χ1) is 13.8. The molecule has 0 atom stereocenters. The second-order valence-electron chi connectivity index (χ2n) is 7.77. The smallest absolute Gasteiger partial charge is 0.266 e. The van der Waals surface area contributed by atoms with Crippen LogP contribution >= 0.6 is 0 Å². The highest BCUT2D eigenvalue weighted by molar-refractivity contribution is 5.27. The lowest BCUT2D eigenvalue weighted by Gasteiger charge is -2.31. The van der Waals surface area contributed by atoms with Gasteiger partial charge >= 0.3 is 0 Å². The van der Waals surface area contributed by atoms with Crippen LogP contribution in [0, 0.1) is 5.92 Å². The molecule has 0 amide bonds. The third-order valence-corrected chi connectivity index (χ3v) is 5.88. The number of hydrogen-bond donors (Lipinski definition) is 0. The van der Waals surface area contributed by atoms with Gasteiger partial charge in [-0.05, 0) is 56.8 Å². The topological polar surface area (TPSA) is 82.0 Å². The third kappa shape index (κ3) is 3.40. The molecule has 1 aliphatic carbocycles. The fourth-order valence-corrected chi connectivity index (χ4v) is 4.29. The molecule has 0 bridgehead atoms. The first-order valence-electron chi connectivity index (χ1n) is 10.0. The van der Waals surface area contributed by atoms with Crippen LogP contribution in [-0.4, -0.2) is 42.7 Å². The van der Waals surface area contributed by atoms with Crippen LogP contribution in [0.1, 0.15) is 36.3 Å². The summed E-state index contributed by atoms with van der Waals surface area (Å²) in [5.74, 6) is 2.21. The second-order valence-corrected chi connectivity index (χ2v) is 7.77. The van der Waals surface area contributed by atoms with Crippen molar-refractivity contribution in [1.82, 2.24) is 29.6 Å². The van der Waals surface area contributed by atoms with Crippen LogP contribution in [0.15, 0.2) is 39.9 Å². The molecule has 8 heteroatoms. The molecule has 0 saturated carbocycles. The quantitative estimate of drug-likeness (QED) is 0.672. The number of aryl methyl sites for hydroxylation is 1. The van der Waals surface area contributed by atoms with Crippen molar-refractivity contribution in [3.63, 3.8) is 0 Å². The maximum Gasteiger partial charge on any atom is 0.266 e. The van der Waals surface area contributed by atoms with Gasteiger partial charge < -0.3 is 4.52 Å². The fourth-order valence-electron chi connectivity index (χ4n) is 4.29. The fraction of sp³-hybridized carbons (Fsp3) is 0.500. The molecule has 28 heavy (non-hydrogen) atoms. The summed E-state index contributed by atoms with van der Waals surface area (Å²) < 4.78 is 8.73. The minimum atomic E-state index is -0.0588. The Bertz CT molecular complexity index is 998. The predicted molar refractivity (Wildman–Crippen MR) is 102 cm³/mol. The Balaban J connectivity index is 1.21. The van der Waals surface area contributed by atoms with Gasteiger partial charge in [-0.1, -0.05) is 5.16 Å². The van der Waals surface area contributed by atoms with E-state index in [1.807, 2.05) is 12.3 Å². The molecule has 0 aromatic carbocycles. The van der Waals surface area contributed by atoms with E-state index in [9.17, 15) is 4.79 Å². The molecule has 8 nitrogen and oxygen atoms in total. The van der Waals surface area contributed by atoms with Crippen molar-refractivity contribution in [2.24, 2.45) is 5.92 Å². The minimum Gasteiger partial charge on any atom is -0.361 e. The molecule has 2 aliphatic rings. The monoisotopic (exact) mass is 380 g/mol. The number of aromatic nitrogens is 5. The van der Waals surface area contributed by atoms with Gasteiger partial charge in [0.05, 0.1) is 0 Å². The largest absolute Gasteiger partial charge is 0.361 e. The summed E-state index contributed by atoms with van der Waals surface area (Å²) in [6, 6.07) is 5.13. The van der Waals surface area contributed by atoms with Gasteiger partial charge in [0.1, 0.15) is 11.5 Å². The van der Waals surface area contributed by atoms with Gasteiger partial charge in [-0.15, -0.1) is 5.10 Å². The van der Waals surface area contributed by atoms with Crippen molar-refractivity contribution >= 4 is 0 Å². The number of fused-ring (bicyclic) bond motifs is 1. The van der Waals surface area contributed by atoms with Gasteiger partial charge in [0.25, 0.3) is 5.56 Å². The van der Waals surface area contributed by atoms with E-state index in [2.05, 4.69) is 20.3 Å². The number of nitrogens with zero attached hydrogens (tertiary/aromatic N) is 6. The Morgan fingerprint density at radius 2 is 2.07 bits per heavy atom. The maximum absolute atomic E-state index is 12.2. The zero-order valence-electron chi connectivity index (χ0n) is 15.8. The molecule has 3 aromatic heterocycles. The molecule has 1 fully saturated rings. The Labute approximate surface area is 162 Å². The molecule has 0 spiro atoms. The Morgan fingerprint density at radius 3 is 2.89 bits per heavy atom. The lowest BCUT2D eigenvalue weighted by Crippen LogP contribution is -2.36. The molecular formula is C20H24N6O2. The Morgan fingerprint density at radius 1 is 1.18 bits per heavy atom. The Hall–Kier alpha value is -2.74. The molecule has 0 N–H and O–H groups in total. The van der Waals surface area contributed by atoms with Crippen LogP contribution in [0.3, 0.4) is 0 Å². The Kier molecular flexibility index (Phi) is 4.56. The first kappa shape index (κ1) is 17.4. The normalized spacial score (nSPS) is 17.9. The number of likely N-dealkylation sites (tertiary alicyclic amines) is 1. The summed E-state index contributed by atoms with van der Waals surface area (Å²) in [6.45, 7) is 3.56. The predicted octanol–water partition coefficient (Wildman–Crippen LogP) is 1.82. The number of rotatable bonds is 5. The zero-order valence-corrected chi connectivity index (χ0v) is 15.8. The van der Waals surface area contributed by atoms with Gasteiger partial charge in [0.2, 0.25) is 0 Å². The van der Waals surface area contributed by atoms with Crippen LogP contribution in [0.25, 0.3) is 5.82 Å². The highest BCUT2D eigenvalue weighted by Crippen LogP contribution is 2.27. The van der Waals surface area contributed by atoms with Crippen LogP contribution in [-0.2, 0) is 25.9 Å². The highest BCUT2D eigenvalue weighted by atomic mass is 16.5. The molecule has 1 saturated heterocycles. The molecule has 0 radical (unpaired) electrons. The van der Waals surface area contributed by atoms with Gasteiger partial charge in [-0.25, -0.2) is 9.36 Å². The second kappa shape index (κ2) is 7.35. The van der Waals surface area contributed by atoms with E-state index < -0.39 is 0 Å². The highest BCUT2D eigenvalue weighted by Gasteiger charge is 2.25. The lowest BCUT2D eigenvalue weighted by molar-refractivity contribution is 0.160. The average molecular weight is 380 g/mol. The van der Waals surface area contributed by atoms with Gasteiger partial charge in [-0.2, -0.15) is 5.10 Å². The minimum absolute atomic E-state index is 0.0588. The average Bonchev–Trinajstić information content (AvgIpc) is 3.45. The van der Waals surface area contributed by atoms with E-state index in [1.165, 1.54) is 12.0 Å². The third-order valence-electron chi connectivity index (χ3n) is 5.88. The van der Waals surface area contributed by atoms with Crippen molar-refractivity contribution in [3.05, 3.63) is 58.0 Å². The van der Waals surface area contributed by atoms with Gasteiger partial charge in [-0.3, -0.25) is 9.69 Å². The zero-order chi connectivity index (χ0) is 18.9. The van der Waals surface area contributed by atoms with Crippen LogP contribution in [0.2, 0.25) is 0 Å². The van der Waals surface area contributed by atoms with Gasteiger partial charge in [0, 0.05) is 43.5 Å². The van der Waals surface area contributed by atoms with Crippen LogP contribution < -0.4 is 5.56 Å². The number of piperidine rings is 1. The summed E-state index contributed by atoms with van der Waals surface area (Å²) in [5.41, 5.74) is 2.40. The van der Waals surface area contributed by atoms with E-state index in [4.69, 9.17) is 4.52 Å². The lowest BCUT2D eigenvalue weighted by atomic mass is 9.96. The first-order valence-corrected chi connectivity index (χ1v) is 10.0. The standard InChI is InChI=1S/C20H24N6O2/c27-20-6-5-19(25-10-2-9-21-25)22-26(20)13-15-7-11-24(12-8-15)14-17-16-3-1-4-18(16)28-23-17/h2,5-6,9-10,15H,1,3-4,7-8,11-14H2. The van der Waals surface area contributed by atoms with Crippen molar-refractivity contribution in [2.45, 2.75) is 45.2 Å². The molecule has 5 rings (SSSR count). The van der Waals surface area contributed by atoms with Crippen molar-refractivity contribution in [3.8, 4) is 5.82 Å². The SMILES string of the molecule is O=c1ccc(-n2cccn2)nn1CC1CCN(Cc2noc3c2CCC3)CC1. The summed E-state index contributed by atoms with van der Waals surface area (Å²) >= 11 is 0. The van der Waals surface area contributed by atoms with E-state index in [-0.39, 0.29) is 5.56 Å².